The van der Waals surface area contributed by atoms with Crippen molar-refractivity contribution in [1.29, 1.82) is 0 Å². The van der Waals surface area contributed by atoms with Crippen molar-refractivity contribution in [3.8, 4) is 11.1 Å². The van der Waals surface area contributed by atoms with E-state index in [1.54, 1.807) is 12.1 Å². The highest BCUT2D eigenvalue weighted by molar-refractivity contribution is 6.31. The molecule has 21 heavy (non-hydrogen) atoms. The van der Waals surface area contributed by atoms with E-state index in [-0.39, 0.29) is 5.82 Å². The van der Waals surface area contributed by atoms with E-state index in [9.17, 15) is 4.39 Å². The number of halogens is 2. The predicted octanol–water partition coefficient (Wildman–Crippen LogP) is 4.14. The fourth-order valence-electron chi connectivity index (χ4n) is 2.86. The van der Waals surface area contributed by atoms with Gasteiger partial charge in [-0.3, -0.25) is 0 Å². The molecule has 0 atom stereocenters. The van der Waals surface area contributed by atoms with Crippen molar-refractivity contribution in [1.82, 2.24) is 4.57 Å². The molecule has 0 aliphatic carbocycles. The van der Waals surface area contributed by atoms with Gasteiger partial charge in [0.1, 0.15) is 5.82 Å². The van der Waals surface area contributed by atoms with Crippen molar-refractivity contribution in [3.63, 3.8) is 0 Å². The van der Waals surface area contributed by atoms with Crippen LogP contribution in [0, 0.1) is 5.82 Å². The number of fused-ring (bicyclic) bond motifs is 1. The molecule has 0 saturated carbocycles. The van der Waals surface area contributed by atoms with Gasteiger partial charge in [0, 0.05) is 46.2 Å². The zero-order valence-corrected chi connectivity index (χ0v) is 12.5. The second kappa shape index (κ2) is 5.51. The molecule has 4 heteroatoms. The Morgan fingerprint density at radius 1 is 1.19 bits per heavy atom. The first-order valence-electron chi connectivity index (χ1n) is 6.85. The van der Waals surface area contributed by atoms with Gasteiger partial charge in [-0.25, -0.2) is 4.39 Å². The summed E-state index contributed by atoms with van der Waals surface area (Å²) in [5, 5.41) is 1.60. The van der Waals surface area contributed by atoms with Crippen molar-refractivity contribution < 1.29 is 4.39 Å². The Morgan fingerprint density at radius 2 is 1.95 bits per heavy atom. The SMILES string of the molecule is Cn1c(CCN)c(-c2ccccc2F)c2cc(Cl)ccc21. The first-order chi connectivity index (χ1) is 10.1. The lowest BCUT2D eigenvalue weighted by molar-refractivity contribution is 0.631. The zero-order chi connectivity index (χ0) is 15.0. The van der Waals surface area contributed by atoms with Gasteiger partial charge in [-0.15, -0.1) is 0 Å². The van der Waals surface area contributed by atoms with Crippen LogP contribution in [0.3, 0.4) is 0 Å². The molecule has 0 bridgehead atoms. The maximum Gasteiger partial charge on any atom is 0.131 e. The van der Waals surface area contributed by atoms with Crippen LogP contribution in [0.15, 0.2) is 42.5 Å². The lowest BCUT2D eigenvalue weighted by Gasteiger charge is -2.08. The molecule has 0 spiro atoms. The van der Waals surface area contributed by atoms with Crippen molar-refractivity contribution in [2.75, 3.05) is 6.54 Å². The third-order valence-electron chi connectivity index (χ3n) is 3.81. The summed E-state index contributed by atoms with van der Waals surface area (Å²) in [6.45, 7) is 0.513. The van der Waals surface area contributed by atoms with E-state index in [1.807, 2.05) is 31.3 Å². The minimum Gasteiger partial charge on any atom is -0.347 e. The molecule has 0 radical (unpaired) electrons. The lowest BCUT2D eigenvalue weighted by Crippen LogP contribution is -2.07. The standard InChI is InChI=1S/C17H16ClFN2/c1-21-15-7-6-11(18)10-13(15)17(16(21)8-9-20)12-4-2-3-5-14(12)19/h2-7,10H,8-9,20H2,1H3. The van der Waals surface area contributed by atoms with E-state index < -0.39 is 0 Å². The van der Waals surface area contributed by atoms with Crippen LogP contribution in [0.1, 0.15) is 5.69 Å². The van der Waals surface area contributed by atoms with Gasteiger partial charge in [-0.1, -0.05) is 29.8 Å². The quantitative estimate of drug-likeness (QED) is 0.774. The largest absolute Gasteiger partial charge is 0.347 e. The van der Waals surface area contributed by atoms with Crippen LogP contribution in [0.4, 0.5) is 4.39 Å². The van der Waals surface area contributed by atoms with Gasteiger partial charge >= 0.3 is 0 Å². The molecular formula is C17H16ClFN2. The number of hydrogen-bond donors (Lipinski definition) is 1. The van der Waals surface area contributed by atoms with Crippen LogP contribution in [0.25, 0.3) is 22.0 Å². The monoisotopic (exact) mass is 302 g/mol. The van der Waals surface area contributed by atoms with Gasteiger partial charge in [0.05, 0.1) is 0 Å². The molecule has 0 aliphatic rings. The van der Waals surface area contributed by atoms with Gasteiger partial charge in [0.15, 0.2) is 0 Å². The van der Waals surface area contributed by atoms with Gasteiger partial charge in [0.25, 0.3) is 0 Å². The fourth-order valence-corrected chi connectivity index (χ4v) is 3.04. The summed E-state index contributed by atoms with van der Waals surface area (Å²) in [6, 6.07) is 12.5. The number of aromatic nitrogens is 1. The van der Waals surface area contributed by atoms with Gasteiger partial charge < -0.3 is 10.3 Å². The summed E-state index contributed by atoms with van der Waals surface area (Å²) < 4.78 is 16.3. The topological polar surface area (TPSA) is 30.9 Å². The minimum absolute atomic E-state index is 0.233. The van der Waals surface area contributed by atoms with Crippen LogP contribution in [-0.4, -0.2) is 11.1 Å². The Morgan fingerprint density at radius 3 is 2.67 bits per heavy atom. The molecule has 0 fully saturated rings. The molecule has 3 aromatic rings. The summed E-state index contributed by atoms with van der Waals surface area (Å²) in [5.74, 6) is -0.233. The third kappa shape index (κ3) is 2.33. The molecule has 108 valence electrons. The van der Waals surface area contributed by atoms with E-state index >= 15 is 0 Å². The molecule has 1 heterocycles. The predicted molar refractivity (Wildman–Crippen MR) is 86.1 cm³/mol. The highest BCUT2D eigenvalue weighted by Crippen LogP contribution is 2.37. The molecule has 1 aromatic heterocycles. The number of nitrogens with two attached hydrogens (primary N) is 1. The van der Waals surface area contributed by atoms with Crippen molar-refractivity contribution in [2.45, 2.75) is 6.42 Å². The van der Waals surface area contributed by atoms with E-state index in [4.69, 9.17) is 17.3 Å². The van der Waals surface area contributed by atoms with Crippen LogP contribution in [0.5, 0.6) is 0 Å². The Kier molecular flexibility index (Phi) is 3.70. The first kappa shape index (κ1) is 14.1. The second-order valence-corrected chi connectivity index (χ2v) is 5.50. The summed E-state index contributed by atoms with van der Waals surface area (Å²) in [5.41, 5.74) is 9.27. The first-order valence-corrected chi connectivity index (χ1v) is 7.23. The van der Waals surface area contributed by atoms with Crippen LogP contribution < -0.4 is 5.73 Å². The molecule has 3 rings (SSSR count). The minimum atomic E-state index is -0.233. The molecule has 0 amide bonds. The average Bonchev–Trinajstić information content (AvgIpc) is 2.73. The Labute approximate surface area is 127 Å². The number of aryl methyl sites for hydroxylation is 1. The molecule has 2 aromatic carbocycles. The number of rotatable bonds is 3. The normalized spacial score (nSPS) is 11.2. The molecule has 2 N–H and O–H groups in total. The average molecular weight is 303 g/mol. The van der Waals surface area contributed by atoms with Gasteiger partial charge in [0.2, 0.25) is 0 Å². The summed E-state index contributed by atoms with van der Waals surface area (Å²) >= 11 is 6.13. The highest BCUT2D eigenvalue weighted by atomic mass is 35.5. The van der Waals surface area contributed by atoms with E-state index in [1.165, 1.54) is 6.07 Å². The summed E-state index contributed by atoms with van der Waals surface area (Å²) in [7, 11) is 1.98. The van der Waals surface area contributed by atoms with Crippen molar-refractivity contribution >= 4 is 22.5 Å². The fraction of sp³-hybridized carbons (Fsp3) is 0.176. The molecule has 0 unspecified atom stereocenters. The number of benzene rings is 2. The van der Waals surface area contributed by atoms with Crippen LogP contribution >= 0.6 is 11.6 Å². The van der Waals surface area contributed by atoms with Gasteiger partial charge in [-0.05, 0) is 30.8 Å². The van der Waals surface area contributed by atoms with Crippen molar-refractivity contribution in [3.05, 3.63) is 59.0 Å². The second-order valence-electron chi connectivity index (χ2n) is 5.06. The molecule has 0 aliphatic heterocycles. The molecular weight excluding hydrogens is 287 g/mol. The van der Waals surface area contributed by atoms with E-state index in [0.29, 0.717) is 23.6 Å². The van der Waals surface area contributed by atoms with Crippen LogP contribution in [0.2, 0.25) is 5.02 Å². The third-order valence-corrected chi connectivity index (χ3v) is 4.04. The maximum absolute atomic E-state index is 14.3. The Hall–Kier alpha value is -1.84. The molecule has 0 saturated heterocycles. The smallest absolute Gasteiger partial charge is 0.131 e. The lowest BCUT2D eigenvalue weighted by atomic mass is 10.00. The zero-order valence-electron chi connectivity index (χ0n) is 11.7. The maximum atomic E-state index is 14.3. The molecule has 2 nitrogen and oxygen atoms in total. The summed E-state index contributed by atoms with van der Waals surface area (Å²) in [4.78, 5) is 0. The highest BCUT2D eigenvalue weighted by Gasteiger charge is 2.18. The van der Waals surface area contributed by atoms with E-state index in [2.05, 4.69) is 4.57 Å². The van der Waals surface area contributed by atoms with E-state index in [0.717, 1.165) is 22.2 Å². The number of nitrogens with zero attached hydrogens (tertiary/aromatic N) is 1. The summed E-state index contributed by atoms with van der Waals surface area (Å²) in [6.07, 6.45) is 0.687. The van der Waals surface area contributed by atoms with Gasteiger partial charge in [-0.2, -0.15) is 0 Å². The van der Waals surface area contributed by atoms with Crippen molar-refractivity contribution in [2.24, 2.45) is 12.8 Å². The Bertz CT molecular complexity index is 808. The Balaban J connectivity index is 2.41. The number of hydrogen-bond acceptors (Lipinski definition) is 1. The van der Waals surface area contributed by atoms with Crippen LogP contribution in [-0.2, 0) is 13.5 Å².